The van der Waals surface area contributed by atoms with Gasteiger partial charge in [0.25, 0.3) is 0 Å². The molecule has 2 N–H and O–H groups in total. The van der Waals surface area contributed by atoms with Crippen molar-refractivity contribution in [1.82, 2.24) is 15.5 Å². The van der Waals surface area contributed by atoms with Gasteiger partial charge in [0.1, 0.15) is 5.60 Å². The van der Waals surface area contributed by atoms with Gasteiger partial charge in [-0.2, -0.15) is 0 Å². The highest BCUT2D eigenvalue weighted by molar-refractivity contribution is 5.80. The molecule has 6 nitrogen and oxygen atoms in total. The lowest BCUT2D eigenvalue weighted by Crippen LogP contribution is -2.63. The number of carbonyl (C=O) groups is 1. The largest absolute Gasteiger partial charge is 0.444 e. The molecule has 1 saturated heterocycles. The molecule has 6 heteroatoms. The van der Waals surface area contributed by atoms with Crippen molar-refractivity contribution in [2.45, 2.75) is 38.8 Å². The van der Waals surface area contributed by atoms with Crippen molar-refractivity contribution in [1.29, 1.82) is 0 Å². The molecule has 1 heterocycles. The maximum atomic E-state index is 11.9. The Hall–Kier alpha value is -2.24. The first-order valence-corrected chi connectivity index (χ1v) is 8.36. The number of hydrogen-bond donors (Lipinski definition) is 2. The summed E-state index contributed by atoms with van der Waals surface area (Å²) < 4.78 is 5.35. The smallest absolute Gasteiger partial charge is 0.410 e. The molecule has 132 valence electrons. The van der Waals surface area contributed by atoms with E-state index in [1.807, 2.05) is 39.0 Å². The van der Waals surface area contributed by atoms with E-state index in [-0.39, 0.29) is 12.1 Å². The number of benzene rings is 1. The predicted molar refractivity (Wildman–Crippen MR) is 96.2 cm³/mol. The first kappa shape index (κ1) is 18.1. The summed E-state index contributed by atoms with van der Waals surface area (Å²) in [7, 11) is 1.75. The Balaban J connectivity index is 1.67. The Labute approximate surface area is 144 Å². The van der Waals surface area contributed by atoms with Crippen LogP contribution in [0, 0.1) is 0 Å². The Morgan fingerprint density at radius 2 is 1.96 bits per heavy atom. The molecular formula is C18H28N4O2. The summed E-state index contributed by atoms with van der Waals surface area (Å²) >= 11 is 0. The Kier molecular flexibility index (Phi) is 6.06. The van der Waals surface area contributed by atoms with E-state index in [4.69, 9.17) is 4.74 Å². The van der Waals surface area contributed by atoms with Crippen LogP contribution in [-0.2, 0) is 11.2 Å². The van der Waals surface area contributed by atoms with Gasteiger partial charge >= 0.3 is 6.09 Å². The first-order valence-electron chi connectivity index (χ1n) is 8.36. The van der Waals surface area contributed by atoms with Crippen LogP contribution in [0.3, 0.4) is 0 Å². The maximum absolute atomic E-state index is 11.9. The van der Waals surface area contributed by atoms with E-state index >= 15 is 0 Å². The number of aliphatic imine (C=N–C) groups is 1. The van der Waals surface area contributed by atoms with Crippen LogP contribution in [-0.4, -0.2) is 55.3 Å². The molecule has 0 aromatic heterocycles. The minimum absolute atomic E-state index is 0.209. The van der Waals surface area contributed by atoms with Gasteiger partial charge in [-0.25, -0.2) is 4.79 Å². The molecular weight excluding hydrogens is 304 g/mol. The van der Waals surface area contributed by atoms with Crippen LogP contribution in [0.4, 0.5) is 4.79 Å². The van der Waals surface area contributed by atoms with Gasteiger partial charge in [-0.05, 0) is 32.8 Å². The van der Waals surface area contributed by atoms with E-state index in [1.165, 1.54) is 5.56 Å². The van der Waals surface area contributed by atoms with Gasteiger partial charge in [-0.15, -0.1) is 0 Å². The average molecular weight is 332 g/mol. The Bertz CT molecular complexity index is 560. The van der Waals surface area contributed by atoms with Gasteiger partial charge in [0, 0.05) is 26.7 Å². The van der Waals surface area contributed by atoms with Crippen molar-refractivity contribution in [2.75, 3.05) is 26.7 Å². The molecule has 0 atom stereocenters. The van der Waals surface area contributed by atoms with E-state index in [2.05, 4.69) is 27.8 Å². The molecule has 0 unspecified atom stereocenters. The number of nitrogens with zero attached hydrogens (tertiary/aromatic N) is 2. The summed E-state index contributed by atoms with van der Waals surface area (Å²) in [5, 5.41) is 6.63. The highest BCUT2D eigenvalue weighted by Crippen LogP contribution is 2.15. The third-order valence-electron chi connectivity index (χ3n) is 3.65. The van der Waals surface area contributed by atoms with Gasteiger partial charge in [0.15, 0.2) is 5.96 Å². The average Bonchev–Trinajstić information content (AvgIpc) is 2.47. The number of hydrogen-bond acceptors (Lipinski definition) is 3. The normalized spacial score (nSPS) is 15.7. The van der Waals surface area contributed by atoms with Gasteiger partial charge < -0.3 is 20.3 Å². The molecule has 2 rings (SSSR count). The van der Waals surface area contributed by atoms with Crippen molar-refractivity contribution < 1.29 is 9.53 Å². The monoisotopic (exact) mass is 332 g/mol. The summed E-state index contributed by atoms with van der Waals surface area (Å²) in [5.74, 6) is 0.764. The molecule has 0 aliphatic carbocycles. The standard InChI is InChI=1S/C18H28N4O2/c1-18(2,3)24-17(23)22-12-15(13-22)21-16(19-4)20-11-10-14-8-6-5-7-9-14/h5-9,15H,10-13H2,1-4H3,(H2,19,20,21). The van der Waals surface area contributed by atoms with Crippen molar-refractivity contribution >= 4 is 12.1 Å². The van der Waals surface area contributed by atoms with E-state index in [0.717, 1.165) is 18.9 Å². The number of amides is 1. The molecule has 0 spiro atoms. The number of guanidine groups is 1. The lowest BCUT2D eigenvalue weighted by atomic mass is 10.1. The minimum Gasteiger partial charge on any atom is -0.444 e. The summed E-state index contributed by atoms with van der Waals surface area (Å²) in [5.41, 5.74) is 0.838. The van der Waals surface area contributed by atoms with Crippen molar-refractivity contribution in [2.24, 2.45) is 4.99 Å². The summed E-state index contributed by atoms with van der Waals surface area (Å²) in [6.07, 6.45) is 0.684. The highest BCUT2D eigenvalue weighted by Gasteiger charge is 2.34. The molecule has 0 saturated carbocycles. The van der Waals surface area contributed by atoms with Crippen LogP contribution in [0.15, 0.2) is 35.3 Å². The summed E-state index contributed by atoms with van der Waals surface area (Å²) in [4.78, 5) is 17.8. The zero-order valence-electron chi connectivity index (χ0n) is 15.0. The van der Waals surface area contributed by atoms with Crippen LogP contribution < -0.4 is 10.6 Å². The topological polar surface area (TPSA) is 66.0 Å². The van der Waals surface area contributed by atoms with E-state index in [9.17, 15) is 4.79 Å². The highest BCUT2D eigenvalue weighted by atomic mass is 16.6. The van der Waals surface area contributed by atoms with E-state index in [0.29, 0.717) is 13.1 Å². The molecule has 1 fully saturated rings. The molecule has 1 amide bonds. The van der Waals surface area contributed by atoms with Crippen LogP contribution in [0.1, 0.15) is 26.3 Å². The SMILES string of the molecule is CN=C(NCCc1ccccc1)NC1CN(C(=O)OC(C)(C)C)C1. The molecule has 0 bridgehead atoms. The fourth-order valence-corrected chi connectivity index (χ4v) is 2.40. The second-order valence-corrected chi connectivity index (χ2v) is 6.96. The van der Waals surface area contributed by atoms with Crippen LogP contribution in [0.2, 0.25) is 0 Å². The van der Waals surface area contributed by atoms with E-state index < -0.39 is 5.60 Å². The Morgan fingerprint density at radius 3 is 2.54 bits per heavy atom. The van der Waals surface area contributed by atoms with Gasteiger partial charge in [0.05, 0.1) is 6.04 Å². The fraction of sp³-hybridized carbons (Fsp3) is 0.556. The zero-order chi connectivity index (χ0) is 17.6. The summed E-state index contributed by atoms with van der Waals surface area (Å²) in [6, 6.07) is 10.5. The fourth-order valence-electron chi connectivity index (χ4n) is 2.40. The van der Waals surface area contributed by atoms with Gasteiger partial charge in [-0.3, -0.25) is 4.99 Å². The number of rotatable bonds is 4. The van der Waals surface area contributed by atoms with Gasteiger partial charge in [0.2, 0.25) is 0 Å². The first-order chi connectivity index (χ1) is 11.4. The molecule has 24 heavy (non-hydrogen) atoms. The minimum atomic E-state index is -0.454. The van der Waals surface area contributed by atoms with Gasteiger partial charge in [-0.1, -0.05) is 30.3 Å². The third kappa shape index (κ3) is 5.76. The summed E-state index contributed by atoms with van der Waals surface area (Å²) in [6.45, 7) is 7.70. The molecule has 1 aromatic carbocycles. The second kappa shape index (κ2) is 8.04. The maximum Gasteiger partial charge on any atom is 0.410 e. The quantitative estimate of drug-likeness (QED) is 0.654. The van der Waals surface area contributed by atoms with Crippen LogP contribution >= 0.6 is 0 Å². The predicted octanol–water partition coefficient (Wildman–Crippen LogP) is 2.01. The molecule has 1 aromatic rings. The number of carbonyl (C=O) groups excluding carboxylic acids is 1. The molecule has 1 aliphatic rings. The molecule has 1 aliphatic heterocycles. The molecule has 0 radical (unpaired) electrons. The van der Waals surface area contributed by atoms with E-state index in [1.54, 1.807) is 11.9 Å². The number of ether oxygens (including phenoxy) is 1. The third-order valence-corrected chi connectivity index (χ3v) is 3.65. The van der Waals surface area contributed by atoms with Crippen molar-refractivity contribution in [3.05, 3.63) is 35.9 Å². The zero-order valence-corrected chi connectivity index (χ0v) is 15.0. The second-order valence-electron chi connectivity index (χ2n) is 6.96. The number of nitrogens with one attached hydrogen (secondary N) is 2. The Morgan fingerprint density at radius 1 is 1.29 bits per heavy atom. The van der Waals surface area contributed by atoms with Crippen LogP contribution in [0.25, 0.3) is 0 Å². The van der Waals surface area contributed by atoms with Crippen molar-refractivity contribution in [3.63, 3.8) is 0 Å². The lowest BCUT2D eigenvalue weighted by Gasteiger charge is -2.40. The van der Waals surface area contributed by atoms with Crippen molar-refractivity contribution in [3.8, 4) is 0 Å². The lowest BCUT2D eigenvalue weighted by molar-refractivity contribution is 0.00701. The van der Waals surface area contributed by atoms with Crippen LogP contribution in [0.5, 0.6) is 0 Å². The number of likely N-dealkylation sites (tertiary alicyclic amines) is 1.